The number of nitrogens with one attached hydrogen (secondary N) is 1. The number of benzene rings is 2. The Morgan fingerprint density at radius 1 is 1.09 bits per heavy atom. The molecule has 0 heterocycles. The molecular formula is C25H33NO6. The minimum absolute atomic E-state index is 0.103. The molecule has 0 aliphatic rings. The minimum atomic E-state index is -1.19. The van der Waals surface area contributed by atoms with E-state index in [4.69, 9.17) is 14.2 Å². The summed E-state index contributed by atoms with van der Waals surface area (Å²) in [5.41, 5.74) is 2.66. The summed E-state index contributed by atoms with van der Waals surface area (Å²) < 4.78 is 15.6. The van der Waals surface area contributed by atoms with Crippen molar-refractivity contribution >= 4 is 11.9 Å². The van der Waals surface area contributed by atoms with Crippen LogP contribution in [0, 0.1) is 0 Å². The quantitative estimate of drug-likeness (QED) is 0.544. The highest BCUT2D eigenvalue weighted by Gasteiger charge is 2.31. The summed E-state index contributed by atoms with van der Waals surface area (Å²) in [6.07, 6.45) is -2.31. The van der Waals surface area contributed by atoms with Crippen molar-refractivity contribution in [1.82, 2.24) is 5.32 Å². The summed E-state index contributed by atoms with van der Waals surface area (Å²) in [6.45, 7) is 8.08. The van der Waals surface area contributed by atoms with Gasteiger partial charge in [-0.05, 0) is 56.0 Å². The Labute approximate surface area is 189 Å². The second-order valence-corrected chi connectivity index (χ2v) is 8.32. The Bertz CT molecular complexity index is 905. The molecule has 0 aliphatic carbocycles. The number of esters is 2. The summed E-state index contributed by atoms with van der Waals surface area (Å²) in [5, 5.41) is 14.0. The molecule has 7 heteroatoms. The van der Waals surface area contributed by atoms with Crippen LogP contribution in [0.4, 0.5) is 0 Å². The molecule has 0 aliphatic heterocycles. The van der Waals surface area contributed by atoms with E-state index in [1.807, 2.05) is 57.2 Å². The van der Waals surface area contributed by atoms with Crippen molar-refractivity contribution in [3.63, 3.8) is 0 Å². The number of carbonyl (C=O) groups excluding carboxylic acids is 2. The standard InChI is InChI=1S/C25H33NO6/c1-6-31-23(24(29)30-5)22(28)20-13-8-7-12-19(20)18-11-9-10-17(14-18)15-26-16-21(27)32-25(2,3)4/h7-14,22-23,26,28H,6,15-16H2,1-5H3/t22-,23+/m1/s1. The zero-order chi connectivity index (χ0) is 23.7. The number of ether oxygens (including phenoxy) is 3. The van der Waals surface area contributed by atoms with Crippen LogP contribution >= 0.6 is 0 Å². The number of carbonyl (C=O) groups is 2. The molecule has 2 atom stereocenters. The molecular weight excluding hydrogens is 410 g/mol. The van der Waals surface area contributed by atoms with Crippen LogP contribution in [0.25, 0.3) is 11.1 Å². The normalized spacial score (nSPS) is 13.3. The third kappa shape index (κ3) is 7.44. The SMILES string of the molecule is CCO[C@H](C(=O)OC)[C@H](O)c1ccccc1-c1cccc(CNCC(=O)OC(C)(C)C)c1. The van der Waals surface area contributed by atoms with Gasteiger partial charge in [0.2, 0.25) is 0 Å². The molecule has 0 radical (unpaired) electrons. The molecule has 0 saturated carbocycles. The van der Waals surface area contributed by atoms with Crippen LogP contribution in [-0.2, 0) is 30.3 Å². The van der Waals surface area contributed by atoms with E-state index in [1.165, 1.54) is 7.11 Å². The van der Waals surface area contributed by atoms with E-state index in [9.17, 15) is 14.7 Å². The molecule has 2 rings (SSSR count). The van der Waals surface area contributed by atoms with Crippen molar-refractivity contribution < 1.29 is 28.9 Å². The maximum absolute atomic E-state index is 12.1. The van der Waals surface area contributed by atoms with Crippen LogP contribution in [0.5, 0.6) is 0 Å². The molecule has 0 amide bonds. The van der Waals surface area contributed by atoms with E-state index >= 15 is 0 Å². The van der Waals surface area contributed by atoms with Crippen molar-refractivity contribution in [3.05, 3.63) is 59.7 Å². The van der Waals surface area contributed by atoms with Gasteiger partial charge in [-0.25, -0.2) is 4.79 Å². The first-order valence-corrected chi connectivity index (χ1v) is 10.6. The fraction of sp³-hybridized carbons (Fsp3) is 0.440. The third-order valence-electron chi connectivity index (χ3n) is 4.60. The van der Waals surface area contributed by atoms with Crippen molar-refractivity contribution in [1.29, 1.82) is 0 Å². The van der Waals surface area contributed by atoms with Crippen molar-refractivity contribution in [2.45, 2.75) is 52.0 Å². The van der Waals surface area contributed by atoms with E-state index in [0.29, 0.717) is 12.1 Å². The van der Waals surface area contributed by atoms with Gasteiger partial charge in [-0.3, -0.25) is 4.79 Å². The topological polar surface area (TPSA) is 94.1 Å². The van der Waals surface area contributed by atoms with Crippen LogP contribution in [-0.4, -0.2) is 49.0 Å². The molecule has 2 N–H and O–H groups in total. The van der Waals surface area contributed by atoms with Gasteiger partial charge in [-0.2, -0.15) is 0 Å². The van der Waals surface area contributed by atoms with Gasteiger partial charge in [0.1, 0.15) is 11.7 Å². The zero-order valence-corrected chi connectivity index (χ0v) is 19.4. The maximum atomic E-state index is 12.1. The predicted octanol–water partition coefficient (Wildman–Crippen LogP) is 3.40. The van der Waals surface area contributed by atoms with E-state index in [0.717, 1.165) is 16.7 Å². The maximum Gasteiger partial charge on any atom is 0.338 e. The number of aliphatic hydroxyl groups is 1. The van der Waals surface area contributed by atoms with Crippen LogP contribution in [0.15, 0.2) is 48.5 Å². The molecule has 0 unspecified atom stereocenters. The highest BCUT2D eigenvalue weighted by atomic mass is 16.6. The van der Waals surface area contributed by atoms with Gasteiger partial charge in [-0.15, -0.1) is 0 Å². The van der Waals surface area contributed by atoms with Crippen LogP contribution in [0.3, 0.4) is 0 Å². The smallest absolute Gasteiger partial charge is 0.338 e. The first-order chi connectivity index (χ1) is 15.2. The third-order valence-corrected chi connectivity index (χ3v) is 4.60. The van der Waals surface area contributed by atoms with Gasteiger partial charge in [-0.1, -0.05) is 42.5 Å². The van der Waals surface area contributed by atoms with Crippen molar-refractivity contribution in [2.24, 2.45) is 0 Å². The molecule has 174 valence electrons. The number of hydrogen-bond acceptors (Lipinski definition) is 7. The first kappa shape index (κ1) is 25.5. The van der Waals surface area contributed by atoms with Gasteiger partial charge in [0, 0.05) is 13.2 Å². The highest BCUT2D eigenvalue weighted by Crippen LogP contribution is 2.31. The lowest BCUT2D eigenvalue weighted by atomic mass is 9.93. The molecule has 0 bridgehead atoms. The summed E-state index contributed by atoms with van der Waals surface area (Å²) in [7, 11) is 1.26. The Morgan fingerprint density at radius 2 is 1.81 bits per heavy atom. The highest BCUT2D eigenvalue weighted by molar-refractivity contribution is 5.77. The van der Waals surface area contributed by atoms with Gasteiger partial charge < -0.3 is 24.6 Å². The number of rotatable bonds is 10. The molecule has 0 saturated heterocycles. The minimum Gasteiger partial charge on any atom is -0.467 e. The van der Waals surface area contributed by atoms with E-state index < -0.39 is 23.8 Å². The fourth-order valence-corrected chi connectivity index (χ4v) is 3.30. The van der Waals surface area contributed by atoms with Gasteiger partial charge in [0.05, 0.1) is 13.7 Å². The summed E-state index contributed by atoms with van der Waals surface area (Å²) in [4.78, 5) is 24.0. The number of aliphatic hydroxyl groups excluding tert-OH is 1. The van der Waals surface area contributed by atoms with E-state index in [2.05, 4.69) is 5.32 Å². The van der Waals surface area contributed by atoms with Gasteiger partial charge in [0.15, 0.2) is 6.10 Å². The Morgan fingerprint density at radius 3 is 2.47 bits per heavy atom. The molecule has 0 aromatic heterocycles. The largest absolute Gasteiger partial charge is 0.467 e. The van der Waals surface area contributed by atoms with Crippen molar-refractivity contribution in [2.75, 3.05) is 20.3 Å². The van der Waals surface area contributed by atoms with Gasteiger partial charge in [0.25, 0.3) is 0 Å². The number of hydrogen-bond donors (Lipinski definition) is 2. The molecule has 7 nitrogen and oxygen atoms in total. The Balaban J connectivity index is 2.19. The molecule has 32 heavy (non-hydrogen) atoms. The monoisotopic (exact) mass is 443 g/mol. The number of methoxy groups -OCH3 is 1. The lowest BCUT2D eigenvalue weighted by Crippen LogP contribution is -2.32. The Kier molecular flexibility index (Phi) is 9.38. The molecule has 2 aromatic rings. The summed E-state index contributed by atoms with van der Waals surface area (Å²) in [6, 6.07) is 15.1. The second-order valence-electron chi connectivity index (χ2n) is 8.32. The summed E-state index contributed by atoms with van der Waals surface area (Å²) in [5.74, 6) is -0.943. The average molecular weight is 444 g/mol. The predicted molar refractivity (Wildman–Crippen MR) is 122 cm³/mol. The van der Waals surface area contributed by atoms with E-state index in [-0.39, 0.29) is 19.1 Å². The lowest BCUT2D eigenvalue weighted by Gasteiger charge is -2.23. The average Bonchev–Trinajstić information content (AvgIpc) is 2.75. The van der Waals surface area contributed by atoms with Crippen LogP contribution < -0.4 is 5.32 Å². The first-order valence-electron chi connectivity index (χ1n) is 10.6. The van der Waals surface area contributed by atoms with Crippen molar-refractivity contribution in [3.8, 4) is 11.1 Å². The van der Waals surface area contributed by atoms with E-state index in [1.54, 1.807) is 19.1 Å². The zero-order valence-electron chi connectivity index (χ0n) is 19.4. The second kappa shape index (κ2) is 11.8. The molecule has 0 fully saturated rings. The van der Waals surface area contributed by atoms with Gasteiger partial charge >= 0.3 is 11.9 Å². The Hall–Kier alpha value is -2.74. The molecule has 0 spiro atoms. The van der Waals surface area contributed by atoms with Crippen LogP contribution in [0.2, 0.25) is 0 Å². The van der Waals surface area contributed by atoms with Crippen LogP contribution in [0.1, 0.15) is 44.9 Å². The summed E-state index contributed by atoms with van der Waals surface area (Å²) >= 11 is 0. The fourth-order valence-electron chi connectivity index (χ4n) is 3.30. The molecule has 2 aromatic carbocycles. The lowest BCUT2D eigenvalue weighted by molar-refractivity contribution is -0.162.